The number of rotatable bonds is 4. The Morgan fingerprint density at radius 1 is 1.35 bits per heavy atom. The Bertz CT molecular complexity index is 744. The largest absolute Gasteiger partial charge is 0.467 e. The van der Waals surface area contributed by atoms with Crippen molar-refractivity contribution in [3.63, 3.8) is 0 Å². The lowest BCUT2D eigenvalue weighted by Crippen LogP contribution is -2.00. The summed E-state index contributed by atoms with van der Waals surface area (Å²) in [6.07, 6.45) is 1.41. The van der Waals surface area contributed by atoms with Crippen LogP contribution < -0.4 is 5.32 Å². The molecule has 3 rings (SSSR count). The van der Waals surface area contributed by atoms with Crippen LogP contribution in [0.2, 0.25) is 0 Å². The summed E-state index contributed by atoms with van der Waals surface area (Å²) in [4.78, 5) is 11.3. The molecule has 20 heavy (non-hydrogen) atoms. The number of nitrogens with one attached hydrogen (secondary N) is 1. The van der Waals surface area contributed by atoms with Gasteiger partial charge in [-0.3, -0.25) is 0 Å². The standard InChI is InChI=1S/C15H13NO3S/c1-18-15(17)11-7-13(19-9-11)8-16-12-2-3-14-10(6-12)4-5-20-14/h2-7,9,16H,8H2,1H3. The van der Waals surface area contributed by atoms with E-state index < -0.39 is 0 Å². The molecule has 0 spiro atoms. The third kappa shape index (κ3) is 2.53. The number of carbonyl (C=O) groups excluding carboxylic acids is 1. The van der Waals surface area contributed by atoms with Crippen LogP contribution in [-0.2, 0) is 11.3 Å². The Morgan fingerprint density at radius 3 is 3.10 bits per heavy atom. The number of hydrogen-bond acceptors (Lipinski definition) is 5. The number of esters is 1. The zero-order chi connectivity index (χ0) is 13.9. The van der Waals surface area contributed by atoms with Gasteiger partial charge in [0.1, 0.15) is 12.0 Å². The zero-order valence-electron chi connectivity index (χ0n) is 10.9. The number of carbonyl (C=O) groups is 1. The molecule has 0 unspecified atom stereocenters. The van der Waals surface area contributed by atoms with Crippen LogP contribution in [0.5, 0.6) is 0 Å². The lowest BCUT2D eigenvalue weighted by molar-refractivity contribution is 0.0600. The maximum absolute atomic E-state index is 11.3. The highest BCUT2D eigenvalue weighted by Gasteiger charge is 2.09. The highest BCUT2D eigenvalue weighted by Crippen LogP contribution is 2.24. The molecule has 1 N–H and O–H groups in total. The first-order valence-corrected chi connectivity index (χ1v) is 7.01. The fourth-order valence-corrected chi connectivity index (χ4v) is 2.73. The molecule has 102 valence electrons. The van der Waals surface area contributed by atoms with E-state index in [1.807, 2.05) is 6.07 Å². The quantitative estimate of drug-likeness (QED) is 0.740. The van der Waals surface area contributed by atoms with E-state index in [0.29, 0.717) is 17.9 Å². The predicted molar refractivity (Wildman–Crippen MR) is 79.2 cm³/mol. The minimum absolute atomic E-state index is 0.389. The van der Waals surface area contributed by atoms with Gasteiger partial charge in [0, 0.05) is 10.4 Å². The van der Waals surface area contributed by atoms with Crippen molar-refractivity contribution in [1.82, 2.24) is 0 Å². The summed E-state index contributed by atoms with van der Waals surface area (Å²) in [5.41, 5.74) is 1.45. The van der Waals surface area contributed by atoms with E-state index in [4.69, 9.17) is 4.42 Å². The topological polar surface area (TPSA) is 51.5 Å². The van der Waals surface area contributed by atoms with Gasteiger partial charge in [0.2, 0.25) is 0 Å². The number of methoxy groups -OCH3 is 1. The van der Waals surface area contributed by atoms with E-state index in [9.17, 15) is 4.79 Å². The molecule has 0 aliphatic rings. The first kappa shape index (κ1) is 12.7. The molecule has 0 bridgehead atoms. The maximum Gasteiger partial charge on any atom is 0.341 e. The highest BCUT2D eigenvalue weighted by atomic mass is 32.1. The van der Waals surface area contributed by atoms with Crippen molar-refractivity contribution in [2.45, 2.75) is 6.54 Å². The van der Waals surface area contributed by atoms with E-state index in [2.05, 4.69) is 33.6 Å². The van der Waals surface area contributed by atoms with Crippen molar-refractivity contribution < 1.29 is 13.9 Å². The minimum Gasteiger partial charge on any atom is -0.467 e. The minimum atomic E-state index is -0.389. The lowest BCUT2D eigenvalue weighted by atomic mass is 10.2. The predicted octanol–water partition coefficient (Wildman–Crippen LogP) is 3.89. The molecule has 0 saturated carbocycles. The van der Waals surface area contributed by atoms with Gasteiger partial charge in [-0.05, 0) is 41.1 Å². The van der Waals surface area contributed by atoms with Gasteiger partial charge >= 0.3 is 5.97 Å². The third-order valence-electron chi connectivity index (χ3n) is 2.99. The van der Waals surface area contributed by atoms with Crippen molar-refractivity contribution in [2.24, 2.45) is 0 Å². The average Bonchev–Trinajstić information content (AvgIpc) is 3.12. The van der Waals surface area contributed by atoms with Gasteiger partial charge in [-0.15, -0.1) is 11.3 Å². The molecule has 0 atom stereocenters. The van der Waals surface area contributed by atoms with Crippen LogP contribution in [0, 0.1) is 0 Å². The average molecular weight is 287 g/mol. The van der Waals surface area contributed by atoms with E-state index in [0.717, 1.165) is 5.69 Å². The molecule has 0 amide bonds. The number of fused-ring (bicyclic) bond motifs is 1. The fraction of sp³-hybridized carbons (Fsp3) is 0.133. The normalized spacial score (nSPS) is 10.7. The summed E-state index contributed by atoms with van der Waals surface area (Å²) in [6, 6.07) is 9.98. The van der Waals surface area contributed by atoms with Gasteiger partial charge in [-0.25, -0.2) is 4.79 Å². The van der Waals surface area contributed by atoms with Crippen LogP contribution >= 0.6 is 11.3 Å². The number of ether oxygens (including phenoxy) is 1. The van der Waals surface area contributed by atoms with Crippen molar-refractivity contribution in [2.75, 3.05) is 12.4 Å². The summed E-state index contributed by atoms with van der Waals surface area (Å²) in [5.74, 6) is 0.301. The number of thiophene rings is 1. The van der Waals surface area contributed by atoms with Crippen LogP contribution in [0.25, 0.3) is 10.1 Å². The highest BCUT2D eigenvalue weighted by molar-refractivity contribution is 7.17. The summed E-state index contributed by atoms with van der Waals surface area (Å²) >= 11 is 1.72. The van der Waals surface area contributed by atoms with Gasteiger partial charge in [-0.2, -0.15) is 0 Å². The fourth-order valence-electron chi connectivity index (χ4n) is 1.96. The maximum atomic E-state index is 11.3. The second kappa shape index (κ2) is 5.38. The molecule has 4 nitrogen and oxygen atoms in total. The summed E-state index contributed by atoms with van der Waals surface area (Å²) in [5, 5.41) is 6.56. The van der Waals surface area contributed by atoms with Crippen LogP contribution in [-0.4, -0.2) is 13.1 Å². The zero-order valence-corrected chi connectivity index (χ0v) is 11.7. The smallest absolute Gasteiger partial charge is 0.341 e. The van der Waals surface area contributed by atoms with Crippen LogP contribution in [0.15, 0.2) is 46.4 Å². The number of furan rings is 1. The van der Waals surface area contributed by atoms with Crippen molar-refractivity contribution in [3.8, 4) is 0 Å². The molecule has 0 fully saturated rings. The van der Waals surface area contributed by atoms with Crippen molar-refractivity contribution in [3.05, 3.63) is 53.3 Å². The molecule has 2 aromatic heterocycles. The molecule has 1 aromatic carbocycles. The number of anilines is 1. The van der Waals surface area contributed by atoms with Gasteiger partial charge in [-0.1, -0.05) is 0 Å². The van der Waals surface area contributed by atoms with Crippen LogP contribution in [0.1, 0.15) is 16.1 Å². The molecular formula is C15H13NO3S. The molecule has 5 heteroatoms. The van der Waals surface area contributed by atoms with Gasteiger partial charge in [0.25, 0.3) is 0 Å². The van der Waals surface area contributed by atoms with Crippen LogP contribution in [0.4, 0.5) is 5.69 Å². The molecule has 3 aromatic rings. The first-order valence-electron chi connectivity index (χ1n) is 6.13. The Morgan fingerprint density at radius 2 is 2.25 bits per heavy atom. The van der Waals surface area contributed by atoms with E-state index in [1.165, 1.54) is 23.5 Å². The third-order valence-corrected chi connectivity index (χ3v) is 3.89. The van der Waals surface area contributed by atoms with Gasteiger partial charge in [0.05, 0.1) is 19.2 Å². The van der Waals surface area contributed by atoms with Gasteiger partial charge in [0.15, 0.2) is 0 Å². The Kier molecular flexibility index (Phi) is 3.43. The number of hydrogen-bond donors (Lipinski definition) is 1. The molecule has 0 saturated heterocycles. The molecular weight excluding hydrogens is 274 g/mol. The molecule has 0 aliphatic heterocycles. The molecule has 2 heterocycles. The first-order chi connectivity index (χ1) is 9.76. The SMILES string of the molecule is COC(=O)c1coc(CNc2ccc3sccc3c2)c1. The molecule has 0 radical (unpaired) electrons. The summed E-state index contributed by atoms with van der Waals surface area (Å²) in [6.45, 7) is 0.520. The van der Waals surface area contributed by atoms with Crippen molar-refractivity contribution >= 4 is 33.1 Å². The summed E-state index contributed by atoms with van der Waals surface area (Å²) in [7, 11) is 1.35. The van der Waals surface area contributed by atoms with E-state index in [-0.39, 0.29) is 5.97 Å². The second-order valence-electron chi connectivity index (χ2n) is 4.32. The Labute approximate surface area is 120 Å². The summed E-state index contributed by atoms with van der Waals surface area (Å²) < 4.78 is 11.2. The van der Waals surface area contributed by atoms with Gasteiger partial charge < -0.3 is 14.5 Å². The monoisotopic (exact) mass is 287 g/mol. The van der Waals surface area contributed by atoms with E-state index in [1.54, 1.807) is 17.4 Å². The van der Waals surface area contributed by atoms with Crippen molar-refractivity contribution in [1.29, 1.82) is 0 Å². The van der Waals surface area contributed by atoms with Crippen LogP contribution in [0.3, 0.4) is 0 Å². The second-order valence-corrected chi connectivity index (χ2v) is 5.27. The number of benzene rings is 1. The lowest BCUT2D eigenvalue weighted by Gasteiger charge is -2.04. The Hall–Kier alpha value is -2.27. The Balaban J connectivity index is 1.69. The van der Waals surface area contributed by atoms with E-state index >= 15 is 0 Å². The molecule has 0 aliphatic carbocycles.